The van der Waals surface area contributed by atoms with E-state index < -0.39 is 0 Å². The van der Waals surface area contributed by atoms with E-state index in [2.05, 4.69) is 60.7 Å². The van der Waals surface area contributed by atoms with Gasteiger partial charge in [0.1, 0.15) is 0 Å². The summed E-state index contributed by atoms with van der Waals surface area (Å²) in [6.07, 6.45) is 0. The van der Waals surface area contributed by atoms with Crippen LogP contribution in [0.4, 0.5) is 0 Å². The number of hydrogen-bond donors (Lipinski definition) is 0. The Morgan fingerprint density at radius 3 is 2.19 bits per heavy atom. The van der Waals surface area contributed by atoms with Crippen LogP contribution in [0.25, 0.3) is 32.7 Å². The quantitative estimate of drug-likeness (QED) is 0.360. The third-order valence-electron chi connectivity index (χ3n) is 3.90. The predicted molar refractivity (Wildman–Crippen MR) is 91.9 cm³/mol. The molecular formula is C20H13Cl. The lowest BCUT2D eigenvalue weighted by Crippen LogP contribution is -1.86. The van der Waals surface area contributed by atoms with E-state index in [1.54, 1.807) is 0 Å². The highest BCUT2D eigenvalue weighted by Gasteiger charge is 2.11. The molecule has 4 rings (SSSR count). The van der Waals surface area contributed by atoms with Gasteiger partial charge in [-0.15, -0.1) is 0 Å². The summed E-state index contributed by atoms with van der Waals surface area (Å²) in [5.41, 5.74) is 2.42. The van der Waals surface area contributed by atoms with E-state index in [9.17, 15) is 0 Å². The minimum Gasteiger partial charge on any atom is -0.0836 e. The number of rotatable bonds is 1. The maximum Gasteiger partial charge on any atom is 0.0490 e. The molecule has 21 heavy (non-hydrogen) atoms. The zero-order chi connectivity index (χ0) is 14.2. The van der Waals surface area contributed by atoms with E-state index in [0.717, 1.165) is 10.4 Å². The molecule has 4 aromatic carbocycles. The molecule has 0 spiro atoms. The van der Waals surface area contributed by atoms with E-state index in [4.69, 9.17) is 11.6 Å². The zero-order valence-electron chi connectivity index (χ0n) is 11.4. The van der Waals surface area contributed by atoms with Gasteiger partial charge in [0.05, 0.1) is 0 Å². The summed E-state index contributed by atoms with van der Waals surface area (Å²) in [5.74, 6) is 0. The van der Waals surface area contributed by atoms with Gasteiger partial charge in [-0.1, -0.05) is 78.3 Å². The minimum atomic E-state index is 0.803. The first-order valence-electron chi connectivity index (χ1n) is 7.00. The molecule has 100 valence electrons. The number of hydrogen-bond acceptors (Lipinski definition) is 0. The fourth-order valence-electron chi connectivity index (χ4n) is 2.98. The van der Waals surface area contributed by atoms with Crippen LogP contribution in [0.15, 0.2) is 78.9 Å². The molecule has 4 aromatic rings. The standard InChI is InChI=1S/C20H13Cl/c21-18-12-6-10-16-13-15-9-4-5-11-17(15)19(20(16)18)14-7-2-1-3-8-14/h1-13H. The third kappa shape index (κ3) is 2.00. The van der Waals surface area contributed by atoms with Gasteiger partial charge in [-0.2, -0.15) is 0 Å². The van der Waals surface area contributed by atoms with Gasteiger partial charge < -0.3 is 0 Å². The zero-order valence-corrected chi connectivity index (χ0v) is 12.1. The lowest BCUT2D eigenvalue weighted by Gasteiger charge is -2.13. The normalized spacial score (nSPS) is 11.1. The van der Waals surface area contributed by atoms with Crippen molar-refractivity contribution in [2.75, 3.05) is 0 Å². The van der Waals surface area contributed by atoms with Gasteiger partial charge in [0, 0.05) is 10.4 Å². The SMILES string of the molecule is Clc1cccc2cc3ccccc3c(-c3ccccc3)c12. The van der Waals surface area contributed by atoms with Gasteiger partial charge in [-0.3, -0.25) is 0 Å². The van der Waals surface area contributed by atoms with Crippen LogP contribution in [0.5, 0.6) is 0 Å². The summed E-state index contributed by atoms with van der Waals surface area (Å²) < 4.78 is 0. The largest absolute Gasteiger partial charge is 0.0836 e. The van der Waals surface area contributed by atoms with Crippen molar-refractivity contribution in [3.63, 3.8) is 0 Å². The molecule has 0 aliphatic heterocycles. The summed E-state index contributed by atoms with van der Waals surface area (Å²) in [5, 5.41) is 5.59. The van der Waals surface area contributed by atoms with Gasteiger partial charge in [0.15, 0.2) is 0 Å². The molecule has 0 nitrogen and oxygen atoms in total. The topological polar surface area (TPSA) is 0 Å². The number of fused-ring (bicyclic) bond motifs is 2. The smallest absolute Gasteiger partial charge is 0.0490 e. The van der Waals surface area contributed by atoms with Crippen LogP contribution in [-0.4, -0.2) is 0 Å². The van der Waals surface area contributed by atoms with Crippen LogP contribution < -0.4 is 0 Å². The molecule has 0 saturated carbocycles. The maximum absolute atomic E-state index is 6.51. The summed E-state index contributed by atoms with van der Waals surface area (Å²) >= 11 is 6.51. The second-order valence-corrected chi connectivity index (χ2v) is 5.58. The molecule has 0 unspecified atom stereocenters. The van der Waals surface area contributed by atoms with Crippen LogP contribution in [0, 0.1) is 0 Å². The Balaban J connectivity index is 2.27. The van der Waals surface area contributed by atoms with Gasteiger partial charge in [0.25, 0.3) is 0 Å². The Labute approximate surface area is 128 Å². The van der Waals surface area contributed by atoms with E-state index in [1.165, 1.54) is 27.3 Å². The molecule has 0 N–H and O–H groups in total. The molecule has 0 amide bonds. The van der Waals surface area contributed by atoms with Gasteiger partial charge >= 0.3 is 0 Å². The molecule has 1 heteroatoms. The predicted octanol–water partition coefficient (Wildman–Crippen LogP) is 6.31. The van der Waals surface area contributed by atoms with Crippen molar-refractivity contribution in [3.05, 3.63) is 83.9 Å². The van der Waals surface area contributed by atoms with Crippen LogP contribution >= 0.6 is 11.6 Å². The first kappa shape index (κ1) is 12.4. The summed E-state index contributed by atoms with van der Waals surface area (Å²) in [6, 6.07) is 27.3. The average Bonchev–Trinajstić information content (AvgIpc) is 2.54. The van der Waals surface area contributed by atoms with E-state index >= 15 is 0 Å². The molecule has 0 fully saturated rings. The summed E-state index contributed by atoms with van der Waals surface area (Å²) in [6.45, 7) is 0. The van der Waals surface area contributed by atoms with Crippen molar-refractivity contribution in [2.45, 2.75) is 0 Å². The molecule has 0 radical (unpaired) electrons. The Morgan fingerprint density at radius 2 is 1.33 bits per heavy atom. The van der Waals surface area contributed by atoms with E-state index in [1.807, 2.05) is 18.2 Å². The van der Waals surface area contributed by atoms with Crippen molar-refractivity contribution < 1.29 is 0 Å². The van der Waals surface area contributed by atoms with Crippen LogP contribution in [-0.2, 0) is 0 Å². The molecule has 0 atom stereocenters. The number of halogens is 1. The van der Waals surface area contributed by atoms with E-state index in [-0.39, 0.29) is 0 Å². The Kier molecular flexibility index (Phi) is 2.90. The number of benzene rings is 4. The van der Waals surface area contributed by atoms with Crippen LogP contribution in [0.1, 0.15) is 0 Å². The molecule has 0 saturated heterocycles. The monoisotopic (exact) mass is 288 g/mol. The Morgan fingerprint density at radius 1 is 0.619 bits per heavy atom. The van der Waals surface area contributed by atoms with Crippen molar-refractivity contribution >= 4 is 33.1 Å². The van der Waals surface area contributed by atoms with Crippen molar-refractivity contribution in [1.29, 1.82) is 0 Å². The Bertz CT molecular complexity index is 940. The molecule has 0 aromatic heterocycles. The van der Waals surface area contributed by atoms with Crippen molar-refractivity contribution in [3.8, 4) is 11.1 Å². The van der Waals surface area contributed by atoms with E-state index in [0.29, 0.717) is 0 Å². The van der Waals surface area contributed by atoms with Crippen LogP contribution in [0.2, 0.25) is 5.02 Å². The first-order chi connectivity index (χ1) is 10.3. The maximum atomic E-state index is 6.51. The Hall–Kier alpha value is -2.31. The lowest BCUT2D eigenvalue weighted by molar-refractivity contribution is 1.67. The fourth-order valence-corrected chi connectivity index (χ4v) is 3.26. The highest BCUT2D eigenvalue weighted by Crippen LogP contribution is 2.39. The lowest BCUT2D eigenvalue weighted by atomic mass is 9.92. The van der Waals surface area contributed by atoms with Gasteiger partial charge in [-0.25, -0.2) is 0 Å². The van der Waals surface area contributed by atoms with Crippen LogP contribution in [0.3, 0.4) is 0 Å². The van der Waals surface area contributed by atoms with Gasteiger partial charge in [-0.05, 0) is 39.4 Å². The molecule has 0 heterocycles. The molecule has 0 bridgehead atoms. The second kappa shape index (κ2) is 4.91. The first-order valence-corrected chi connectivity index (χ1v) is 7.38. The van der Waals surface area contributed by atoms with Crippen molar-refractivity contribution in [1.82, 2.24) is 0 Å². The highest BCUT2D eigenvalue weighted by atomic mass is 35.5. The molecule has 0 aliphatic rings. The minimum absolute atomic E-state index is 0.803. The average molecular weight is 289 g/mol. The van der Waals surface area contributed by atoms with Gasteiger partial charge in [0.2, 0.25) is 0 Å². The molecule has 0 aliphatic carbocycles. The van der Waals surface area contributed by atoms with Crippen molar-refractivity contribution in [2.24, 2.45) is 0 Å². The summed E-state index contributed by atoms with van der Waals surface area (Å²) in [4.78, 5) is 0. The third-order valence-corrected chi connectivity index (χ3v) is 4.21. The molecular weight excluding hydrogens is 276 g/mol. The second-order valence-electron chi connectivity index (χ2n) is 5.18. The fraction of sp³-hybridized carbons (Fsp3) is 0. The summed E-state index contributed by atoms with van der Waals surface area (Å²) in [7, 11) is 0. The highest BCUT2D eigenvalue weighted by molar-refractivity contribution is 6.37.